The van der Waals surface area contributed by atoms with Crippen LogP contribution in [0.4, 0.5) is 4.79 Å². The Morgan fingerprint density at radius 1 is 1.33 bits per heavy atom. The van der Waals surface area contributed by atoms with Crippen LogP contribution in [-0.4, -0.2) is 65.2 Å². The van der Waals surface area contributed by atoms with Crippen LogP contribution in [0, 0.1) is 5.92 Å². The van der Waals surface area contributed by atoms with Crippen LogP contribution in [0.3, 0.4) is 0 Å². The Hall–Kier alpha value is -1.79. The van der Waals surface area contributed by atoms with E-state index in [9.17, 15) is 19.5 Å². The fourth-order valence-corrected chi connectivity index (χ4v) is 2.46. The number of amides is 2. The number of esters is 1. The smallest absolute Gasteiger partial charge is 0.326 e. The number of piperidine rings is 1. The number of ether oxygens (including phenoxy) is 1. The number of nitrogens with zero attached hydrogens (tertiary/aromatic N) is 2. The molecule has 7 heteroatoms. The number of likely N-dealkylation sites (tertiary alicyclic amines) is 1. The molecule has 2 atom stereocenters. The highest BCUT2D eigenvalue weighted by Crippen LogP contribution is 2.23. The van der Waals surface area contributed by atoms with Crippen molar-refractivity contribution < 1.29 is 24.2 Å². The van der Waals surface area contributed by atoms with Gasteiger partial charge in [0.05, 0.1) is 6.61 Å². The number of rotatable bonds is 5. The summed E-state index contributed by atoms with van der Waals surface area (Å²) in [5.74, 6) is -1.21. The van der Waals surface area contributed by atoms with Gasteiger partial charge in [-0.25, -0.2) is 9.59 Å². The molecule has 0 spiro atoms. The first kappa shape index (κ1) is 17.3. The van der Waals surface area contributed by atoms with Gasteiger partial charge in [-0.1, -0.05) is 6.92 Å². The Kier molecular flexibility index (Phi) is 6.45. The maximum Gasteiger partial charge on any atom is 0.326 e. The summed E-state index contributed by atoms with van der Waals surface area (Å²) in [6.45, 7) is 6.26. The van der Waals surface area contributed by atoms with Gasteiger partial charge in [0.2, 0.25) is 0 Å². The van der Waals surface area contributed by atoms with Gasteiger partial charge in [-0.15, -0.1) is 0 Å². The molecule has 0 saturated carbocycles. The first-order valence-electron chi connectivity index (χ1n) is 7.34. The number of hydrogen-bond acceptors (Lipinski definition) is 4. The lowest BCUT2D eigenvalue weighted by Gasteiger charge is -2.38. The topological polar surface area (TPSA) is 87.2 Å². The predicted octanol–water partition coefficient (Wildman–Crippen LogP) is 1.18. The van der Waals surface area contributed by atoms with E-state index in [0.717, 1.165) is 6.42 Å². The minimum atomic E-state index is -0.998. The van der Waals surface area contributed by atoms with Crippen molar-refractivity contribution in [1.29, 1.82) is 0 Å². The lowest BCUT2D eigenvalue weighted by Crippen LogP contribution is -2.55. The van der Waals surface area contributed by atoms with Crippen molar-refractivity contribution in [2.45, 2.75) is 39.7 Å². The lowest BCUT2D eigenvalue weighted by atomic mass is 9.92. The summed E-state index contributed by atoms with van der Waals surface area (Å²) in [4.78, 5) is 38.0. The summed E-state index contributed by atoms with van der Waals surface area (Å²) in [6, 6.07) is -1.23. The highest BCUT2D eigenvalue weighted by molar-refractivity contribution is 5.85. The number of likely N-dealkylation sites (N-methyl/N-ethyl adjacent to an activating group) is 1. The summed E-state index contributed by atoms with van der Waals surface area (Å²) in [5.41, 5.74) is 0. The average molecular weight is 300 g/mol. The molecule has 1 aliphatic heterocycles. The fourth-order valence-electron chi connectivity index (χ4n) is 2.46. The van der Waals surface area contributed by atoms with Crippen molar-refractivity contribution in [3.05, 3.63) is 0 Å². The maximum absolute atomic E-state index is 12.5. The number of carbonyl (C=O) groups excluding carboxylic acids is 2. The van der Waals surface area contributed by atoms with Gasteiger partial charge >= 0.3 is 18.0 Å². The van der Waals surface area contributed by atoms with Gasteiger partial charge in [-0.2, -0.15) is 0 Å². The molecular weight excluding hydrogens is 276 g/mol. The van der Waals surface area contributed by atoms with Gasteiger partial charge in [-0.3, -0.25) is 4.79 Å². The van der Waals surface area contributed by atoms with Crippen molar-refractivity contribution >= 4 is 18.0 Å². The highest BCUT2D eigenvalue weighted by Gasteiger charge is 2.36. The van der Waals surface area contributed by atoms with E-state index in [1.165, 1.54) is 9.80 Å². The van der Waals surface area contributed by atoms with Crippen LogP contribution in [0.2, 0.25) is 0 Å². The molecule has 0 bridgehead atoms. The number of aliphatic carboxylic acids is 1. The van der Waals surface area contributed by atoms with E-state index in [0.29, 0.717) is 19.5 Å². The zero-order valence-electron chi connectivity index (χ0n) is 12.9. The Bertz CT molecular complexity index is 399. The summed E-state index contributed by atoms with van der Waals surface area (Å²) >= 11 is 0. The van der Waals surface area contributed by atoms with Crippen molar-refractivity contribution in [2.24, 2.45) is 5.92 Å². The Morgan fingerprint density at radius 3 is 2.52 bits per heavy atom. The van der Waals surface area contributed by atoms with Crippen LogP contribution in [0.5, 0.6) is 0 Å². The second kappa shape index (κ2) is 7.85. The van der Waals surface area contributed by atoms with Crippen LogP contribution in [0.1, 0.15) is 33.6 Å². The molecular formula is C14H24N2O5. The number of carbonyl (C=O) groups is 3. The van der Waals surface area contributed by atoms with Gasteiger partial charge in [-0.05, 0) is 32.6 Å². The first-order chi connectivity index (χ1) is 9.90. The van der Waals surface area contributed by atoms with E-state index < -0.39 is 24.0 Å². The fraction of sp³-hybridized carbons (Fsp3) is 0.786. The molecule has 2 unspecified atom stereocenters. The molecule has 0 radical (unpaired) electrons. The highest BCUT2D eigenvalue weighted by atomic mass is 16.5. The summed E-state index contributed by atoms with van der Waals surface area (Å²) in [6.07, 6.45) is 1.21. The molecule has 2 amide bonds. The van der Waals surface area contributed by atoms with E-state index in [2.05, 4.69) is 0 Å². The van der Waals surface area contributed by atoms with Crippen molar-refractivity contribution in [3.8, 4) is 0 Å². The van der Waals surface area contributed by atoms with Gasteiger partial charge in [0, 0.05) is 13.1 Å². The number of hydrogen-bond donors (Lipinski definition) is 1. The average Bonchev–Trinajstić information content (AvgIpc) is 2.44. The standard InChI is InChI=1S/C14H24N2O5/c1-4-15(9-12(17)21-5-2)14(20)16-7-6-10(3)8-11(16)13(18)19/h10-11H,4-9H2,1-3H3,(H,18,19). The Balaban J connectivity index is 2.77. The van der Waals surface area contributed by atoms with E-state index in [1.54, 1.807) is 13.8 Å². The summed E-state index contributed by atoms with van der Waals surface area (Å²) < 4.78 is 4.84. The zero-order valence-corrected chi connectivity index (χ0v) is 12.9. The third kappa shape index (κ3) is 4.61. The van der Waals surface area contributed by atoms with Crippen molar-refractivity contribution in [3.63, 3.8) is 0 Å². The third-order valence-corrected chi connectivity index (χ3v) is 3.67. The quantitative estimate of drug-likeness (QED) is 0.770. The number of carboxylic acid groups (broad SMARTS) is 1. The van der Waals surface area contributed by atoms with Gasteiger partial charge in [0.25, 0.3) is 0 Å². The predicted molar refractivity (Wildman–Crippen MR) is 75.8 cm³/mol. The SMILES string of the molecule is CCOC(=O)CN(CC)C(=O)N1CCC(C)CC1C(=O)O. The molecule has 21 heavy (non-hydrogen) atoms. The molecule has 1 saturated heterocycles. The van der Waals surface area contributed by atoms with Gasteiger partial charge in [0.15, 0.2) is 0 Å². The van der Waals surface area contributed by atoms with Crippen LogP contribution in [-0.2, 0) is 14.3 Å². The Labute approximate surface area is 124 Å². The minimum Gasteiger partial charge on any atom is -0.480 e. The Morgan fingerprint density at radius 2 is 2.00 bits per heavy atom. The molecule has 0 aromatic carbocycles. The molecule has 1 fully saturated rings. The summed E-state index contributed by atoms with van der Waals surface area (Å²) in [7, 11) is 0. The third-order valence-electron chi connectivity index (χ3n) is 3.67. The molecule has 1 rings (SSSR count). The molecule has 120 valence electrons. The molecule has 0 aromatic heterocycles. The van der Waals surface area contributed by atoms with Crippen molar-refractivity contribution in [1.82, 2.24) is 9.80 Å². The van der Waals surface area contributed by atoms with E-state index in [4.69, 9.17) is 4.74 Å². The molecule has 0 aromatic rings. The van der Waals surface area contributed by atoms with E-state index in [-0.39, 0.29) is 19.1 Å². The zero-order chi connectivity index (χ0) is 16.0. The van der Waals surface area contributed by atoms with E-state index in [1.807, 2.05) is 6.92 Å². The minimum absolute atomic E-state index is 0.151. The maximum atomic E-state index is 12.5. The second-order valence-corrected chi connectivity index (χ2v) is 5.28. The largest absolute Gasteiger partial charge is 0.480 e. The molecule has 1 N–H and O–H groups in total. The lowest BCUT2D eigenvalue weighted by molar-refractivity contribution is -0.144. The van der Waals surface area contributed by atoms with Crippen LogP contribution in [0.15, 0.2) is 0 Å². The molecule has 0 aliphatic carbocycles. The normalized spacial score (nSPS) is 21.8. The van der Waals surface area contributed by atoms with E-state index >= 15 is 0 Å². The molecule has 1 heterocycles. The second-order valence-electron chi connectivity index (χ2n) is 5.28. The summed E-state index contributed by atoms with van der Waals surface area (Å²) in [5, 5.41) is 9.29. The van der Waals surface area contributed by atoms with Gasteiger partial charge in [0.1, 0.15) is 12.6 Å². The number of urea groups is 1. The molecule has 1 aliphatic rings. The van der Waals surface area contributed by atoms with Crippen LogP contribution >= 0.6 is 0 Å². The van der Waals surface area contributed by atoms with Crippen LogP contribution < -0.4 is 0 Å². The van der Waals surface area contributed by atoms with Gasteiger partial charge < -0.3 is 19.6 Å². The monoisotopic (exact) mass is 300 g/mol. The number of carboxylic acids is 1. The first-order valence-corrected chi connectivity index (χ1v) is 7.34. The van der Waals surface area contributed by atoms with Crippen molar-refractivity contribution in [2.75, 3.05) is 26.2 Å². The molecule has 7 nitrogen and oxygen atoms in total. The van der Waals surface area contributed by atoms with Crippen LogP contribution in [0.25, 0.3) is 0 Å².